The van der Waals surface area contributed by atoms with Crippen molar-refractivity contribution in [1.29, 1.82) is 0 Å². The van der Waals surface area contributed by atoms with Crippen molar-refractivity contribution in [2.24, 2.45) is 0 Å². The predicted octanol–water partition coefficient (Wildman–Crippen LogP) is 1.74. The Kier molecular flexibility index (Phi) is 4.20. The summed E-state index contributed by atoms with van der Waals surface area (Å²) < 4.78 is 5.48. The van der Waals surface area contributed by atoms with E-state index in [-0.39, 0.29) is 0 Å². The summed E-state index contributed by atoms with van der Waals surface area (Å²) in [6.07, 6.45) is 6.49. The molecule has 1 unspecified atom stereocenters. The number of hydrogen-bond donors (Lipinski definition) is 1. The number of hydrogen-bond acceptors (Lipinski definition) is 5. The number of aliphatic hydroxyl groups is 1. The molecule has 2 aromatic rings. The molecule has 0 aliphatic rings. The quantitative estimate of drug-likeness (QED) is 0.869. The van der Waals surface area contributed by atoms with Gasteiger partial charge in [-0.25, -0.2) is 0 Å². The Bertz CT molecular complexity index is 491. The van der Waals surface area contributed by atoms with Crippen molar-refractivity contribution in [2.75, 3.05) is 6.61 Å². The lowest BCUT2D eigenvalue weighted by molar-refractivity contribution is 0.218. The molecule has 5 nitrogen and oxygen atoms in total. The van der Waals surface area contributed by atoms with E-state index in [4.69, 9.17) is 4.74 Å². The summed E-state index contributed by atoms with van der Waals surface area (Å²) in [5, 5.41) is 17.6. The van der Waals surface area contributed by atoms with Crippen molar-refractivity contribution in [3.8, 4) is 5.75 Å². The van der Waals surface area contributed by atoms with Crippen LogP contribution in [0.15, 0.2) is 36.9 Å². The Morgan fingerprint density at radius 1 is 1.22 bits per heavy atom. The molecule has 0 fully saturated rings. The molecule has 2 rings (SSSR count). The van der Waals surface area contributed by atoms with E-state index in [0.717, 1.165) is 6.42 Å². The van der Waals surface area contributed by atoms with Crippen molar-refractivity contribution >= 4 is 0 Å². The molecule has 5 heteroatoms. The highest BCUT2D eigenvalue weighted by atomic mass is 16.5. The summed E-state index contributed by atoms with van der Waals surface area (Å²) in [6.45, 7) is 2.67. The number of rotatable bonds is 5. The number of aromatic nitrogens is 3. The number of nitrogens with zero attached hydrogens (tertiary/aromatic N) is 3. The van der Waals surface area contributed by atoms with Gasteiger partial charge in [0.05, 0.1) is 19.0 Å². The van der Waals surface area contributed by atoms with Crippen LogP contribution in [0.25, 0.3) is 0 Å². The first-order valence-electron chi connectivity index (χ1n) is 5.83. The van der Waals surface area contributed by atoms with Crippen LogP contribution in [0.3, 0.4) is 0 Å². The van der Waals surface area contributed by atoms with Gasteiger partial charge in [-0.1, -0.05) is 6.92 Å². The van der Waals surface area contributed by atoms with Crippen LogP contribution in [-0.4, -0.2) is 26.9 Å². The first-order chi connectivity index (χ1) is 8.81. The molecule has 0 aliphatic heterocycles. The maximum absolute atomic E-state index is 10.2. The maximum atomic E-state index is 10.2. The fourth-order valence-corrected chi connectivity index (χ4v) is 1.54. The summed E-state index contributed by atoms with van der Waals surface area (Å²) in [4.78, 5) is 4.06. The number of pyridine rings is 1. The molecule has 0 amide bonds. The van der Waals surface area contributed by atoms with Crippen LogP contribution in [0.2, 0.25) is 0 Å². The van der Waals surface area contributed by atoms with E-state index < -0.39 is 6.10 Å². The van der Waals surface area contributed by atoms with Crippen LogP contribution < -0.4 is 4.74 Å². The van der Waals surface area contributed by atoms with Gasteiger partial charge in [-0.15, -0.1) is 0 Å². The molecule has 1 atom stereocenters. The van der Waals surface area contributed by atoms with Gasteiger partial charge in [-0.3, -0.25) is 4.98 Å². The second-order valence-electron chi connectivity index (χ2n) is 3.88. The summed E-state index contributed by atoms with van der Waals surface area (Å²) in [5.41, 5.74) is 1.36. The minimum Gasteiger partial charge on any atom is -0.492 e. The van der Waals surface area contributed by atoms with E-state index in [9.17, 15) is 5.11 Å². The van der Waals surface area contributed by atoms with E-state index >= 15 is 0 Å². The normalized spacial score (nSPS) is 12.1. The van der Waals surface area contributed by atoms with Gasteiger partial charge in [-0.2, -0.15) is 10.2 Å². The second-order valence-corrected chi connectivity index (χ2v) is 3.88. The van der Waals surface area contributed by atoms with Crippen LogP contribution >= 0.6 is 0 Å². The Morgan fingerprint density at radius 3 is 2.83 bits per heavy atom. The van der Waals surface area contributed by atoms with E-state index in [1.54, 1.807) is 30.7 Å². The van der Waals surface area contributed by atoms with Gasteiger partial charge in [0.15, 0.2) is 0 Å². The Morgan fingerprint density at radius 2 is 2.11 bits per heavy atom. The van der Waals surface area contributed by atoms with E-state index in [0.29, 0.717) is 23.5 Å². The van der Waals surface area contributed by atoms with Crippen molar-refractivity contribution < 1.29 is 9.84 Å². The molecule has 0 saturated carbocycles. The van der Waals surface area contributed by atoms with E-state index in [2.05, 4.69) is 15.2 Å². The zero-order valence-corrected chi connectivity index (χ0v) is 10.2. The Labute approximate surface area is 105 Å². The van der Waals surface area contributed by atoms with Crippen molar-refractivity contribution in [3.63, 3.8) is 0 Å². The summed E-state index contributed by atoms with van der Waals surface area (Å²) in [5.74, 6) is 0.662. The van der Waals surface area contributed by atoms with Crippen molar-refractivity contribution in [3.05, 3.63) is 48.0 Å². The van der Waals surface area contributed by atoms with E-state index in [1.807, 2.05) is 6.92 Å². The highest BCUT2D eigenvalue weighted by Crippen LogP contribution is 2.23. The Balaban J connectivity index is 2.17. The monoisotopic (exact) mass is 245 g/mol. The highest BCUT2D eigenvalue weighted by molar-refractivity contribution is 5.30. The van der Waals surface area contributed by atoms with Gasteiger partial charge in [0.25, 0.3) is 0 Å². The molecule has 0 saturated heterocycles. The third-order valence-electron chi connectivity index (χ3n) is 2.45. The lowest BCUT2D eigenvalue weighted by Crippen LogP contribution is -2.03. The third-order valence-corrected chi connectivity index (χ3v) is 2.45. The minimum atomic E-state index is -0.766. The fourth-order valence-electron chi connectivity index (χ4n) is 1.54. The van der Waals surface area contributed by atoms with Gasteiger partial charge in [-0.05, 0) is 18.6 Å². The molecule has 0 aliphatic carbocycles. The van der Waals surface area contributed by atoms with Crippen LogP contribution in [-0.2, 0) is 0 Å². The lowest BCUT2D eigenvalue weighted by Gasteiger charge is -2.11. The zero-order chi connectivity index (χ0) is 12.8. The minimum absolute atomic E-state index is 0.637. The molecular formula is C13H15N3O2. The second kappa shape index (κ2) is 6.07. The SMILES string of the molecule is CCCOc1cncc(C(O)c2ccnnc2)c1. The van der Waals surface area contributed by atoms with Crippen LogP contribution in [0, 0.1) is 0 Å². The van der Waals surface area contributed by atoms with Crippen molar-refractivity contribution in [1.82, 2.24) is 15.2 Å². The predicted molar refractivity (Wildman–Crippen MR) is 66.1 cm³/mol. The molecule has 2 heterocycles. The third kappa shape index (κ3) is 3.01. The average Bonchev–Trinajstić information content (AvgIpc) is 2.45. The van der Waals surface area contributed by atoms with Crippen molar-refractivity contribution in [2.45, 2.75) is 19.4 Å². The first kappa shape index (κ1) is 12.4. The molecule has 18 heavy (non-hydrogen) atoms. The topological polar surface area (TPSA) is 68.1 Å². The largest absolute Gasteiger partial charge is 0.492 e. The number of aliphatic hydroxyl groups excluding tert-OH is 1. The molecule has 2 aromatic heterocycles. The zero-order valence-electron chi connectivity index (χ0n) is 10.2. The summed E-state index contributed by atoms with van der Waals surface area (Å²) >= 11 is 0. The van der Waals surface area contributed by atoms with E-state index in [1.165, 1.54) is 6.20 Å². The number of ether oxygens (including phenoxy) is 1. The highest BCUT2D eigenvalue weighted by Gasteiger charge is 2.11. The summed E-state index contributed by atoms with van der Waals surface area (Å²) in [7, 11) is 0. The van der Waals surface area contributed by atoms with Gasteiger partial charge in [0.1, 0.15) is 11.9 Å². The molecule has 0 spiro atoms. The molecule has 0 radical (unpaired) electrons. The molecule has 1 N–H and O–H groups in total. The fraction of sp³-hybridized carbons (Fsp3) is 0.308. The lowest BCUT2D eigenvalue weighted by atomic mass is 10.1. The molecular weight excluding hydrogens is 230 g/mol. The standard InChI is InChI=1S/C13H15N3O2/c1-2-5-18-12-6-11(7-14-9-12)13(17)10-3-4-15-16-8-10/h3-4,6-9,13,17H,2,5H2,1H3. The van der Waals surface area contributed by atoms with Crippen LogP contribution in [0.1, 0.15) is 30.6 Å². The first-order valence-corrected chi connectivity index (χ1v) is 5.83. The Hall–Kier alpha value is -2.01. The van der Waals surface area contributed by atoms with Gasteiger partial charge < -0.3 is 9.84 Å². The molecule has 0 bridgehead atoms. The van der Waals surface area contributed by atoms with Gasteiger partial charge >= 0.3 is 0 Å². The van der Waals surface area contributed by atoms with Gasteiger partial charge in [0, 0.05) is 23.5 Å². The summed E-state index contributed by atoms with van der Waals surface area (Å²) in [6, 6.07) is 3.50. The van der Waals surface area contributed by atoms with Crippen LogP contribution in [0.4, 0.5) is 0 Å². The van der Waals surface area contributed by atoms with Crippen LogP contribution in [0.5, 0.6) is 5.75 Å². The molecule has 94 valence electrons. The van der Waals surface area contributed by atoms with Gasteiger partial charge in [0.2, 0.25) is 0 Å². The average molecular weight is 245 g/mol. The smallest absolute Gasteiger partial charge is 0.137 e. The maximum Gasteiger partial charge on any atom is 0.137 e. The molecule has 0 aromatic carbocycles.